The Balaban J connectivity index is 0.00000420. The molecular weight excluding hydrogens is 499 g/mol. The molecule has 29 heavy (non-hydrogen) atoms. The first-order valence-corrected chi connectivity index (χ1v) is 11.0. The lowest BCUT2D eigenvalue weighted by Gasteiger charge is -2.17. The number of hydrogen-bond acceptors (Lipinski definition) is 3. The van der Waals surface area contributed by atoms with Crippen molar-refractivity contribution in [1.29, 1.82) is 0 Å². The highest BCUT2D eigenvalue weighted by Crippen LogP contribution is 2.15. The molecular formula is C21H31IN4O2S. The average molecular weight is 530 g/mol. The topological polar surface area (TPSA) is 82.6 Å². The van der Waals surface area contributed by atoms with Gasteiger partial charge >= 0.3 is 0 Å². The number of halogens is 1. The van der Waals surface area contributed by atoms with Gasteiger partial charge in [0.2, 0.25) is 10.0 Å². The van der Waals surface area contributed by atoms with Gasteiger partial charge in [0.25, 0.3) is 0 Å². The van der Waals surface area contributed by atoms with Gasteiger partial charge < -0.3 is 10.6 Å². The molecule has 0 heterocycles. The maximum Gasteiger partial charge on any atom is 0.215 e. The molecule has 0 radical (unpaired) electrons. The number of hydrogen-bond donors (Lipinski definition) is 3. The minimum Gasteiger partial charge on any atom is -0.356 e. The molecule has 0 aliphatic heterocycles. The zero-order valence-corrected chi connectivity index (χ0v) is 20.5. The van der Waals surface area contributed by atoms with E-state index in [0.29, 0.717) is 12.5 Å². The van der Waals surface area contributed by atoms with E-state index < -0.39 is 10.0 Å². The van der Waals surface area contributed by atoms with Gasteiger partial charge in [-0.3, -0.25) is 4.99 Å². The van der Waals surface area contributed by atoms with E-state index in [-0.39, 0.29) is 29.7 Å². The zero-order chi connectivity index (χ0) is 20.6. The number of aryl methyl sites for hydroxylation is 1. The minimum absolute atomic E-state index is 0. The summed E-state index contributed by atoms with van der Waals surface area (Å²) in [5.74, 6) is 1.09. The van der Waals surface area contributed by atoms with Gasteiger partial charge in [0.15, 0.2) is 5.96 Å². The molecule has 0 saturated heterocycles. The summed E-state index contributed by atoms with van der Waals surface area (Å²) in [6, 6.07) is 16.1. The fourth-order valence-corrected chi connectivity index (χ4v) is 3.57. The quantitative estimate of drug-likeness (QED) is 0.278. The SMILES string of the molecule is CN=C(NCc1ccc(CS(=O)(=O)NC)cc1)NCC(C)c1cccc(C)c1.I. The van der Waals surface area contributed by atoms with Gasteiger partial charge in [-0.15, -0.1) is 24.0 Å². The third-order valence-corrected chi connectivity index (χ3v) is 5.90. The maximum absolute atomic E-state index is 11.6. The molecule has 0 amide bonds. The summed E-state index contributed by atoms with van der Waals surface area (Å²) >= 11 is 0. The summed E-state index contributed by atoms with van der Waals surface area (Å²) < 4.78 is 25.5. The Bertz CT molecular complexity index is 899. The van der Waals surface area contributed by atoms with Crippen molar-refractivity contribution in [3.63, 3.8) is 0 Å². The van der Waals surface area contributed by atoms with E-state index in [9.17, 15) is 8.42 Å². The zero-order valence-electron chi connectivity index (χ0n) is 17.4. The lowest BCUT2D eigenvalue weighted by molar-refractivity contribution is 0.587. The van der Waals surface area contributed by atoms with Gasteiger partial charge in [0.1, 0.15) is 0 Å². The van der Waals surface area contributed by atoms with Crippen LogP contribution in [-0.2, 0) is 22.3 Å². The van der Waals surface area contributed by atoms with Crippen LogP contribution in [-0.4, -0.2) is 35.0 Å². The van der Waals surface area contributed by atoms with Crippen molar-refractivity contribution in [3.8, 4) is 0 Å². The molecule has 1 unspecified atom stereocenters. The molecule has 160 valence electrons. The molecule has 8 heteroatoms. The standard InChI is InChI=1S/C21H30N4O2S.HI/c1-16-6-5-7-20(12-16)17(2)13-24-21(22-3)25-14-18-8-10-19(11-9-18)15-28(26,27)23-4;/h5-12,17,23H,13-15H2,1-4H3,(H2,22,24,25);1H. The lowest BCUT2D eigenvalue weighted by atomic mass is 9.99. The largest absolute Gasteiger partial charge is 0.356 e. The van der Waals surface area contributed by atoms with E-state index in [0.717, 1.165) is 23.6 Å². The van der Waals surface area contributed by atoms with Crippen LogP contribution in [0, 0.1) is 6.92 Å². The maximum atomic E-state index is 11.6. The Labute approximate surface area is 191 Å². The predicted molar refractivity (Wildman–Crippen MR) is 131 cm³/mol. The summed E-state index contributed by atoms with van der Waals surface area (Å²) in [6.45, 7) is 5.68. The highest BCUT2D eigenvalue weighted by Gasteiger charge is 2.09. The molecule has 0 aliphatic carbocycles. The second-order valence-corrected chi connectivity index (χ2v) is 8.83. The Morgan fingerprint density at radius 1 is 1.07 bits per heavy atom. The van der Waals surface area contributed by atoms with Crippen LogP contribution in [0.3, 0.4) is 0 Å². The molecule has 3 N–H and O–H groups in total. The summed E-state index contributed by atoms with van der Waals surface area (Å²) in [5.41, 5.74) is 4.38. The molecule has 0 spiro atoms. The van der Waals surface area contributed by atoms with Crippen LogP contribution in [0.1, 0.15) is 35.1 Å². The van der Waals surface area contributed by atoms with Crippen molar-refractivity contribution in [3.05, 3.63) is 70.8 Å². The lowest BCUT2D eigenvalue weighted by Crippen LogP contribution is -2.38. The number of benzene rings is 2. The van der Waals surface area contributed by atoms with Crippen molar-refractivity contribution >= 4 is 40.0 Å². The van der Waals surface area contributed by atoms with Gasteiger partial charge in [-0.2, -0.15) is 0 Å². The van der Waals surface area contributed by atoms with E-state index in [4.69, 9.17) is 0 Å². The molecule has 2 rings (SSSR count). The second-order valence-electron chi connectivity index (χ2n) is 6.90. The first-order valence-electron chi connectivity index (χ1n) is 9.33. The fraction of sp³-hybridized carbons (Fsp3) is 0.381. The Morgan fingerprint density at radius 2 is 1.72 bits per heavy atom. The van der Waals surface area contributed by atoms with Crippen molar-refractivity contribution < 1.29 is 8.42 Å². The summed E-state index contributed by atoms with van der Waals surface area (Å²) in [4.78, 5) is 4.27. The molecule has 6 nitrogen and oxygen atoms in total. The summed E-state index contributed by atoms with van der Waals surface area (Å²) in [6.07, 6.45) is 0. The number of aliphatic imine (C=N–C) groups is 1. The molecule has 0 aliphatic rings. The van der Waals surface area contributed by atoms with Crippen molar-refractivity contribution in [2.24, 2.45) is 4.99 Å². The number of rotatable bonds is 8. The third kappa shape index (κ3) is 8.71. The van der Waals surface area contributed by atoms with Gasteiger partial charge in [0.05, 0.1) is 5.75 Å². The molecule has 2 aromatic carbocycles. The van der Waals surface area contributed by atoms with Gasteiger partial charge in [-0.25, -0.2) is 13.1 Å². The van der Waals surface area contributed by atoms with Crippen LogP contribution in [0.4, 0.5) is 0 Å². The number of nitrogens with zero attached hydrogens (tertiary/aromatic N) is 1. The van der Waals surface area contributed by atoms with Crippen molar-refractivity contribution in [2.75, 3.05) is 20.6 Å². The van der Waals surface area contributed by atoms with Crippen LogP contribution >= 0.6 is 24.0 Å². The molecule has 0 aromatic heterocycles. The highest BCUT2D eigenvalue weighted by molar-refractivity contribution is 14.0. The van der Waals surface area contributed by atoms with Crippen molar-refractivity contribution in [1.82, 2.24) is 15.4 Å². The molecule has 2 aromatic rings. The van der Waals surface area contributed by atoms with Crippen LogP contribution in [0.5, 0.6) is 0 Å². The van der Waals surface area contributed by atoms with E-state index >= 15 is 0 Å². The molecule has 0 bridgehead atoms. The first-order chi connectivity index (χ1) is 13.3. The Kier molecular flexibility index (Phi) is 10.6. The van der Waals surface area contributed by atoms with Gasteiger partial charge in [0, 0.05) is 20.1 Å². The minimum atomic E-state index is -3.25. The Hall–Kier alpha value is -1.65. The van der Waals surface area contributed by atoms with Gasteiger partial charge in [-0.1, -0.05) is 61.0 Å². The van der Waals surface area contributed by atoms with Crippen molar-refractivity contribution in [2.45, 2.75) is 32.1 Å². The third-order valence-electron chi connectivity index (χ3n) is 4.56. The van der Waals surface area contributed by atoms with E-state index in [1.165, 1.54) is 18.2 Å². The monoisotopic (exact) mass is 530 g/mol. The number of nitrogens with one attached hydrogen (secondary N) is 3. The number of guanidine groups is 1. The summed E-state index contributed by atoms with van der Waals surface area (Å²) in [5, 5.41) is 6.65. The van der Waals surface area contributed by atoms with E-state index in [1.54, 1.807) is 7.05 Å². The first kappa shape index (κ1) is 25.4. The van der Waals surface area contributed by atoms with E-state index in [1.807, 2.05) is 24.3 Å². The highest BCUT2D eigenvalue weighted by atomic mass is 127. The van der Waals surface area contributed by atoms with Gasteiger partial charge in [-0.05, 0) is 36.6 Å². The second kappa shape index (κ2) is 12.1. The average Bonchev–Trinajstić information content (AvgIpc) is 2.69. The Morgan fingerprint density at radius 3 is 2.31 bits per heavy atom. The van der Waals surface area contributed by atoms with Crippen LogP contribution in [0.2, 0.25) is 0 Å². The van der Waals surface area contributed by atoms with E-state index in [2.05, 4.69) is 58.5 Å². The number of sulfonamides is 1. The van der Waals surface area contributed by atoms with Crippen LogP contribution in [0.15, 0.2) is 53.5 Å². The van der Waals surface area contributed by atoms with Crippen LogP contribution in [0.25, 0.3) is 0 Å². The molecule has 0 fully saturated rings. The predicted octanol–water partition coefficient (Wildman–Crippen LogP) is 3.13. The van der Waals surface area contributed by atoms with Crippen LogP contribution < -0.4 is 15.4 Å². The smallest absolute Gasteiger partial charge is 0.215 e. The molecule has 1 atom stereocenters. The summed E-state index contributed by atoms with van der Waals surface area (Å²) in [7, 11) is -0.0800. The fourth-order valence-electron chi connectivity index (χ4n) is 2.80. The molecule has 0 saturated carbocycles. The normalized spacial score (nSPS) is 12.8.